The van der Waals surface area contributed by atoms with E-state index in [1.165, 1.54) is 18.2 Å². The average Bonchev–Trinajstić information content (AvgIpc) is 3.33. The molecule has 1 aliphatic carbocycles. The van der Waals surface area contributed by atoms with Gasteiger partial charge < -0.3 is 19.9 Å². The lowest BCUT2D eigenvalue weighted by Gasteiger charge is -2.25. The lowest BCUT2D eigenvalue weighted by Crippen LogP contribution is -2.26. The highest BCUT2D eigenvalue weighted by atomic mass is 32.2. The van der Waals surface area contributed by atoms with Crippen LogP contribution in [0.3, 0.4) is 0 Å². The molecule has 2 N–H and O–H groups in total. The highest BCUT2D eigenvalue weighted by molar-refractivity contribution is 7.99. The smallest absolute Gasteiger partial charge is 0.418 e. The second-order valence-electron chi connectivity index (χ2n) is 8.85. The van der Waals surface area contributed by atoms with E-state index in [2.05, 4.69) is 20.8 Å². The molecule has 1 fully saturated rings. The van der Waals surface area contributed by atoms with Gasteiger partial charge in [0.15, 0.2) is 11.0 Å². The Morgan fingerprint density at radius 1 is 1.05 bits per heavy atom. The maximum absolute atomic E-state index is 13.3. The molecule has 2 aromatic carbocycles. The Balaban J connectivity index is 1.45. The summed E-state index contributed by atoms with van der Waals surface area (Å²) in [5.74, 6) is 0.201. The van der Waals surface area contributed by atoms with Crippen LogP contribution in [0, 0.1) is 0 Å². The fraction of sp³-hybridized carbons (Fsp3) is 0.385. The third-order valence-electron chi connectivity index (χ3n) is 6.27. The number of rotatable bonds is 9. The number of carbonyl (C=O) groups excluding carboxylic acids is 2. The second-order valence-corrected chi connectivity index (χ2v) is 9.79. The first kappa shape index (κ1) is 27.5. The zero-order valence-electron chi connectivity index (χ0n) is 20.8. The number of thioether (sulfide) groups is 1. The molecule has 0 radical (unpaired) electrons. The molecule has 1 aromatic heterocycles. The Morgan fingerprint density at radius 2 is 1.76 bits per heavy atom. The summed E-state index contributed by atoms with van der Waals surface area (Å²) in [7, 11) is 1.55. The molecular weight excluding hydrogens is 519 g/mol. The van der Waals surface area contributed by atoms with Gasteiger partial charge in [-0.15, -0.1) is 10.2 Å². The molecule has 202 valence electrons. The number of halogens is 3. The zero-order chi connectivity index (χ0) is 27.1. The minimum atomic E-state index is -4.58. The van der Waals surface area contributed by atoms with Crippen LogP contribution < -0.4 is 15.4 Å². The molecule has 0 bridgehead atoms. The molecule has 1 heterocycles. The number of carbonyl (C=O) groups is 2. The standard InChI is InChI=1S/C26H28F3N5O3S/c1-37-19-13-11-17(12-14-19)24(36)30-15-22-32-33-25(34(22)18-7-3-2-4-8-18)38-16-23(35)31-21-10-6-5-9-20(21)26(27,28)29/h5-6,9-14,18H,2-4,7-8,15-16H2,1H3,(H,30,36)(H,31,35). The van der Waals surface area contributed by atoms with Crippen LogP contribution >= 0.6 is 11.8 Å². The van der Waals surface area contributed by atoms with Crippen LogP contribution in [0.1, 0.15) is 59.9 Å². The van der Waals surface area contributed by atoms with Crippen LogP contribution in [0.4, 0.5) is 18.9 Å². The van der Waals surface area contributed by atoms with Crippen molar-refractivity contribution in [3.63, 3.8) is 0 Å². The number of ether oxygens (including phenoxy) is 1. The van der Waals surface area contributed by atoms with Crippen molar-refractivity contribution in [2.45, 2.75) is 56.0 Å². The molecule has 0 aliphatic heterocycles. The van der Waals surface area contributed by atoms with E-state index < -0.39 is 17.6 Å². The lowest BCUT2D eigenvalue weighted by molar-refractivity contribution is -0.137. The van der Waals surface area contributed by atoms with E-state index in [1.807, 2.05) is 4.57 Å². The van der Waals surface area contributed by atoms with Crippen molar-refractivity contribution in [2.75, 3.05) is 18.2 Å². The number of para-hydroxylation sites is 1. The first-order chi connectivity index (χ1) is 18.3. The molecule has 38 heavy (non-hydrogen) atoms. The van der Waals surface area contributed by atoms with Crippen LogP contribution in [0.5, 0.6) is 5.75 Å². The maximum Gasteiger partial charge on any atom is 0.418 e. The second kappa shape index (κ2) is 12.3. The van der Waals surface area contributed by atoms with Crippen molar-refractivity contribution in [3.8, 4) is 5.75 Å². The highest BCUT2D eigenvalue weighted by Crippen LogP contribution is 2.35. The fourth-order valence-corrected chi connectivity index (χ4v) is 5.22. The number of hydrogen-bond acceptors (Lipinski definition) is 6. The van der Waals surface area contributed by atoms with Crippen LogP contribution in [0.25, 0.3) is 0 Å². The molecule has 1 saturated carbocycles. The van der Waals surface area contributed by atoms with Crippen molar-refractivity contribution in [3.05, 3.63) is 65.5 Å². The Hall–Kier alpha value is -3.54. The van der Waals surface area contributed by atoms with Gasteiger partial charge in [-0.05, 0) is 49.2 Å². The molecule has 0 unspecified atom stereocenters. The van der Waals surface area contributed by atoms with Crippen molar-refractivity contribution < 1.29 is 27.5 Å². The quantitative estimate of drug-likeness (QED) is 0.345. The normalized spacial score (nSPS) is 14.2. The van der Waals surface area contributed by atoms with Gasteiger partial charge in [-0.25, -0.2) is 0 Å². The number of methoxy groups -OCH3 is 1. The SMILES string of the molecule is COc1ccc(C(=O)NCc2nnc(SCC(=O)Nc3ccccc3C(F)(F)F)n2C2CCCCC2)cc1. The zero-order valence-corrected chi connectivity index (χ0v) is 21.6. The molecule has 0 spiro atoms. The van der Waals surface area contributed by atoms with Crippen molar-refractivity contribution >= 4 is 29.3 Å². The van der Waals surface area contributed by atoms with Gasteiger partial charge in [0.1, 0.15) is 5.75 Å². The third-order valence-corrected chi connectivity index (χ3v) is 7.22. The van der Waals surface area contributed by atoms with Crippen LogP contribution in [-0.4, -0.2) is 39.4 Å². The largest absolute Gasteiger partial charge is 0.497 e. The molecule has 3 aromatic rings. The number of benzene rings is 2. The maximum atomic E-state index is 13.3. The summed E-state index contributed by atoms with van der Waals surface area (Å²) in [4.78, 5) is 25.2. The van der Waals surface area contributed by atoms with Gasteiger partial charge >= 0.3 is 6.18 Å². The third kappa shape index (κ3) is 6.85. The van der Waals surface area contributed by atoms with Gasteiger partial charge in [-0.2, -0.15) is 13.2 Å². The van der Waals surface area contributed by atoms with Crippen molar-refractivity contribution in [1.82, 2.24) is 20.1 Å². The van der Waals surface area contributed by atoms with E-state index >= 15 is 0 Å². The summed E-state index contributed by atoms with van der Waals surface area (Å²) < 4.78 is 46.9. The first-order valence-corrected chi connectivity index (χ1v) is 13.2. The number of aromatic nitrogens is 3. The number of alkyl halides is 3. The molecule has 4 rings (SSSR count). The Morgan fingerprint density at radius 3 is 2.45 bits per heavy atom. The van der Waals surface area contributed by atoms with Gasteiger partial charge in [0.25, 0.3) is 5.91 Å². The number of hydrogen-bond donors (Lipinski definition) is 2. The summed E-state index contributed by atoms with van der Waals surface area (Å²) in [6, 6.07) is 11.7. The Kier molecular flexibility index (Phi) is 8.93. The molecular formula is C26H28F3N5O3S. The van der Waals surface area contributed by atoms with Crippen LogP contribution in [0.2, 0.25) is 0 Å². The summed E-state index contributed by atoms with van der Waals surface area (Å²) >= 11 is 1.11. The number of nitrogens with one attached hydrogen (secondary N) is 2. The number of anilines is 1. The molecule has 0 atom stereocenters. The average molecular weight is 548 g/mol. The minimum Gasteiger partial charge on any atom is -0.497 e. The molecule has 8 nitrogen and oxygen atoms in total. The molecule has 2 amide bonds. The van der Waals surface area contributed by atoms with E-state index in [1.54, 1.807) is 31.4 Å². The van der Waals surface area contributed by atoms with Crippen LogP contribution in [-0.2, 0) is 17.5 Å². The Labute approximate surface area is 222 Å². The van der Waals surface area contributed by atoms with E-state index in [4.69, 9.17) is 4.74 Å². The lowest BCUT2D eigenvalue weighted by atomic mass is 9.95. The molecule has 12 heteroatoms. The summed E-state index contributed by atoms with van der Waals surface area (Å²) in [5.41, 5.74) is -0.722. The first-order valence-electron chi connectivity index (χ1n) is 12.2. The van der Waals surface area contributed by atoms with E-state index in [0.29, 0.717) is 22.3 Å². The fourth-order valence-electron chi connectivity index (χ4n) is 4.39. The predicted octanol–water partition coefficient (Wildman–Crippen LogP) is 5.47. The topological polar surface area (TPSA) is 98.1 Å². The van der Waals surface area contributed by atoms with E-state index in [-0.39, 0.29) is 29.9 Å². The monoisotopic (exact) mass is 547 g/mol. The predicted molar refractivity (Wildman–Crippen MR) is 137 cm³/mol. The van der Waals surface area contributed by atoms with E-state index in [9.17, 15) is 22.8 Å². The highest BCUT2D eigenvalue weighted by Gasteiger charge is 2.33. The van der Waals surface area contributed by atoms with Gasteiger partial charge in [0.2, 0.25) is 5.91 Å². The summed E-state index contributed by atoms with van der Waals surface area (Å²) in [5, 5.41) is 14.2. The van der Waals surface area contributed by atoms with Crippen molar-refractivity contribution in [2.24, 2.45) is 0 Å². The molecule has 0 saturated heterocycles. The summed E-state index contributed by atoms with van der Waals surface area (Å²) in [6.45, 7) is 0.139. The molecule has 1 aliphatic rings. The van der Waals surface area contributed by atoms with Gasteiger partial charge in [0.05, 0.1) is 30.7 Å². The summed E-state index contributed by atoms with van der Waals surface area (Å²) in [6.07, 6.45) is 0.458. The number of amides is 2. The van der Waals surface area contributed by atoms with Crippen LogP contribution in [0.15, 0.2) is 53.7 Å². The van der Waals surface area contributed by atoms with Crippen molar-refractivity contribution in [1.29, 1.82) is 0 Å². The van der Waals surface area contributed by atoms with Gasteiger partial charge in [-0.1, -0.05) is 43.2 Å². The Bertz CT molecular complexity index is 1260. The van der Waals surface area contributed by atoms with E-state index in [0.717, 1.165) is 49.9 Å². The van der Waals surface area contributed by atoms with Gasteiger partial charge in [-0.3, -0.25) is 9.59 Å². The van der Waals surface area contributed by atoms with Gasteiger partial charge in [0, 0.05) is 11.6 Å². The minimum absolute atomic E-state index is 0.114. The number of nitrogens with zero attached hydrogens (tertiary/aromatic N) is 3.